The van der Waals surface area contributed by atoms with Crippen LogP contribution in [0.25, 0.3) is 0 Å². The van der Waals surface area contributed by atoms with E-state index < -0.39 is 0 Å². The van der Waals surface area contributed by atoms with E-state index in [0.717, 1.165) is 26.1 Å². The van der Waals surface area contributed by atoms with E-state index in [-0.39, 0.29) is 0 Å². The quantitative estimate of drug-likeness (QED) is 0.841. The highest BCUT2D eigenvalue weighted by Gasteiger charge is 2.23. The number of hydrogen-bond acceptors (Lipinski definition) is 2. The summed E-state index contributed by atoms with van der Waals surface area (Å²) in [5.74, 6) is 1.07. The average Bonchev–Trinajstić information content (AvgIpc) is 2.68. The Bertz CT molecular complexity index is 358. The summed E-state index contributed by atoms with van der Waals surface area (Å²) >= 11 is 0. The molecule has 16 heavy (non-hydrogen) atoms. The van der Waals surface area contributed by atoms with Gasteiger partial charge in [0.25, 0.3) is 0 Å². The second-order valence-corrected chi connectivity index (χ2v) is 4.60. The highest BCUT2D eigenvalue weighted by Crippen LogP contribution is 2.35. The van der Waals surface area contributed by atoms with Crippen LogP contribution in [0.1, 0.15) is 37.3 Å². The number of aryl methyl sites for hydroxylation is 1. The second kappa shape index (κ2) is 4.88. The number of benzene rings is 1. The van der Waals surface area contributed by atoms with E-state index in [1.807, 2.05) is 12.1 Å². The van der Waals surface area contributed by atoms with E-state index in [0.29, 0.717) is 11.7 Å². The predicted molar refractivity (Wildman–Crippen MR) is 67.0 cm³/mol. The van der Waals surface area contributed by atoms with Crippen LogP contribution < -0.4 is 0 Å². The first kappa shape index (κ1) is 11.5. The number of rotatable bonds is 4. The van der Waals surface area contributed by atoms with Gasteiger partial charge >= 0.3 is 0 Å². The van der Waals surface area contributed by atoms with Crippen LogP contribution in [0.4, 0.5) is 0 Å². The Morgan fingerprint density at radius 1 is 1.31 bits per heavy atom. The van der Waals surface area contributed by atoms with Crippen LogP contribution in [0.5, 0.6) is 5.75 Å². The van der Waals surface area contributed by atoms with Crippen LogP contribution in [0.3, 0.4) is 0 Å². The molecule has 0 aliphatic heterocycles. The molecule has 0 amide bonds. The molecular weight excluding hydrogens is 198 g/mol. The molecule has 1 N–H and O–H groups in total. The number of hydrogen-bond donors (Lipinski definition) is 1. The summed E-state index contributed by atoms with van der Waals surface area (Å²) in [5, 5.41) is 9.45. The fraction of sp³-hybridized carbons (Fsp3) is 0.571. The normalized spacial score (nSPS) is 19.1. The van der Waals surface area contributed by atoms with E-state index in [4.69, 9.17) is 0 Å². The number of phenols is 1. The van der Waals surface area contributed by atoms with Crippen LogP contribution in [0, 0.1) is 0 Å². The van der Waals surface area contributed by atoms with Gasteiger partial charge in [-0.25, -0.2) is 0 Å². The summed E-state index contributed by atoms with van der Waals surface area (Å²) < 4.78 is 0. The fourth-order valence-electron chi connectivity index (χ4n) is 2.68. The lowest BCUT2D eigenvalue weighted by molar-refractivity contribution is 0.282. The van der Waals surface area contributed by atoms with Gasteiger partial charge in [-0.15, -0.1) is 0 Å². The van der Waals surface area contributed by atoms with Gasteiger partial charge in [0.05, 0.1) is 0 Å². The molecule has 88 valence electrons. The Morgan fingerprint density at radius 2 is 2.06 bits per heavy atom. The van der Waals surface area contributed by atoms with Crippen molar-refractivity contribution in [3.8, 4) is 5.75 Å². The largest absolute Gasteiger partial charge is 0.508 e. The number of nitrogens with zero attached hydrogens (tertiary/aromatic N) is 1. The van der Waals surface area contributed by atoms with Gasteiger partial charge in [0, 0.05) is 6.54 Å². The zero-order valence-electron chi connectivity index (χ0n) is 10.2. The molecule has 0 spiro atoms. The first-order chi connectivity index (χ1) is 7.74. The molecule has 1 aliphatic carbocycles. The third-order valence-corrected chi connectivity index (χ3v) is 3.70. The molecule has 2 nitrogen and oxygen atoms in total. The number of phenolic OH excluding ortho intramolecular Hbond substituents is 1. The van der Waals surface area contributed by atoms with Gasteiger partial charge in [-0.3, -0.25) is 0 Å². The molecule has 2 heteroatoms. The molecule has 1 aromatic carbocycles. The molecule has 0 saturated carbocycles. The fourth-order valence-corrected chi connectivity index (χ4v) is 2.68. The molecule has 0 saturated heterocycles. The predicted octanol–water partition coefficient (Wildman–Crippen LogP) is 2.76. The summed E-state index contributed by atoms with van der Waals surface area (Å²) in [4.78, 5) is 2.48. The standard InChI is InChI=1S/C14H21NO/c1-3-15(4-2)10-12-6-5-11-9-13(16)7-8-14(11)12/h7-9,12,16H,3-6,10H2,1-2H3. The first-order valence-electron chi connectivity index (χ1n) is 6.28. The van der Waals surface area contributed by atoms with Crippen LogP contribution >= 0.6 is 0 Å². The maximum Gasteiger partial charge on any atom is 0.115 e. The Kier molecular flexibility index (Phi) is 3.49. The minimum absolute atomic E-state index is 0.405. The van der Waals surface area contributed by atoms with Gasteiger partial charge in [-0.1, -0.05) is 19.9 Å². The SMILES string of the molecule is CCN(CC)CC1CCc2cc(O)ccc21. The molecule has 0 bridgehead atoms. The summed E-state index contributed by atoms with van der Waals surface area (Å²) in [6.07, 6.45) is 2.35. The lowest BCUT2D eigenvalue weighted by atomic mass is 10.0. The summed E-state index contributed by atoms with van der Waals surface area (Å²) in [6.45, 7) is 7.85. The molecule has 1 unspecified atom stereocenters. The van der Waals surface area contributed by atoms with Crippen molar-refractivity contribution in [3.05, 3.63) is 29.3 Å². The minimum Gasteiger partial charge on any atom is -0.508 e. The third-order valence-electron chi connectivity index (χ3n) is 3.70. The summed E-state index contributed by atoms with van der Waals surface area (Å²) in [5.41, 5.74) is 2.79. The van der Waals surface area contributed by atoms with Crippen molar-refractivity contribution in [1.29, 1.82) is 0 Å². The molecule has 1 aromatic rings. The number of fused-ring (bicyclic) bond motifs is 1. The zero-order valence-corrected chi connectivity index (χ0v) is 10.2. The van der Waals surface area contributed by atoms with Gasteiger partial charge in [-0.05, 0) is 55.1 Å². The first-order valence-corrected chi connectivity index (χ1v) is 6.28. The van der Waals surface area contributed by atoms with Crippen molar-refractivity contribution in [2.45, 2.75) is 32.6 Å². The maximum absolute atomic E-state index is 9.45. The Labute approximate surface area is 97.9 Å². The van der Waals surface area contributed by atoms with Crippen molar-refractivity contribution in [2.24, 2.45) is 0 Å². The molecule has 0 heterocycles. The number of likely N-dealkylation sites (N-methyl/N-ethyl adjacent to an activating group) is 1. The lowest BCUT2D eigenvalue weighted by Crippen LogP contribution is -2.27. The van der Waals surface area contributed by atoms with Crippen LogP contribution in [0.15, 0.2) is 18.2 Å². The van der Waals surface area contributed by atoms with Crippen molar-refractivity contribution >= 4 is 0 Å². The molecule has 1 aliphatic rings. The van der Waals surface area contributed by atoms with Crippen LogP contribution in [-0.2, 0) is 6.42 Å². The van der Waals surface area contributed by atoms with Crippen molar-refractivity contribution in [1.82, 2.24) is 4.90 Å². The smallest absolute Gasteiger partial charge is 0.115 e. The van der Waals surface area contributed by atoms with E-state index in [2.05, 4.69) is 24.8 Å². The highest BCUT2D eigenvalue weighted by molar-refractivity contribution is 5.40. The van der Waals surface area contributed by atoms with Crippen molar-refractivity contribution in [2.75, 3.05) is 19.6 Å². The van der Waals surface area contributed by atoms with Gasteiger partial charge in [0.15, 0.2) is 0 Å². The van der Waals surface area contributed by atoms with Crippen LogP contribution in [0.2, 0.25) is 0 Å². The topological polar surface area (TPSA) is 23.5 Å². The minimum atomic E-state index is 0.405. The van der Waals surface area contributed by atoms with E-state index >= 15 is 0 Å². The second-order valence-electron chi connectivity index (χ2n) is 4.60. The van der Waals surface area contributed by atoms with E-state index in [1.165, 1.54) is 17.5 Å². The third kappa shape index (κ3) is 2.22. The number of aromatic hydroxyl groups is 1. The summed E-state index contributed by atoms with van der Waals surface area (Å²) in [6, 6.07) is 5.85. The monoisotopic (exact) mass is 219 g/mol. The molecule has 0 radical (unpaired) electrons. The zero-order chi connectivity index (χ0) is 11.5. The summed E-state index contributed by atoms with van der Waals surface area (Å²) in [7, 11) is 0. The lowest BCUT2D eigenvalue weighted by Gasteiger charge is -2.22. The van der Waals surface area contributed by atoms with Crippen LogP contribution in [-0.4, -0.2) is 29.6 Å². The molecular formula is C14H21NO. The Balaban J connectivity index is 2.11. The van der Waals surface area contributed by atoms with Gasteiger partial charge in [-0.2, -0.15) is 0 Å². The van der Waals surface area contributed by atoms with Gasteiger partial charge < -0.3 is 10.0 Å². The Hall–Kier alpha value is -1.02. The molecule has 2 rings (SSSR count). The van der Waals surface area contributed by atoms with Gasteiger partial charge in [0.2, 0.25) is 0 Å². The van der Waals surface area contributed by atoms with E-state index in [1.54, 1.807) is 0 Å². The van der Waals surface area contributed by atoms with Crippen molar-refractivity contribution in [3.63, 3.8) is 0 Å². The average molecular weight is 219 g/mol. The molecule has 0 aromatic heterocycles. The Morgan fingerprint density at radius 3 is 2.75 bits per heavy atom. The molecule has 1 atom stereocenters. The van der Waals surface area contributed by atoms with Crippen molar-refractivity contribution < 1.29 is 5.11 Å². The molecule has 0 fully saturated rings. The highest BCUT2D eigenvalue weighted by atomic mass is 16.3. The maximum atomic E-state index is 9.45. The van der Waals surface area contributed by atoms with Gasteiger partial charge in [0.1, 0.15) is 5.75 Å². The van der Waals surface area contributed by atoms with E-state index in [9.17, 15) is 5.11 Å².